The van der Waals surface area contributed by atoms with Crippen LogP contribution in [-0.2, 0) is 5.54 Å². The van der Waals surface area contributed by atoms with Gasteiger partial charge in [0.15, 0.2) is 0 Å². The quantitative estimate of drug-likeness (QED) is 0.734. The summed E-state index contributed by atoms with van der Waals surface area (Å²) in [6, 6.07) is 5.33. The first-order chi connectivity index (χ1) is 8.01. The molecule has 2 N–H and O–H groups in total. The van der Waals surface area contributed by atoms with Crippen molar-refractivity contribution in [3.63, 3.8) is 0 Å². The third-order valence-electron chi connectivity index (χ3n) is 4.14. The van der Waals surface area contributed by atoms with Crippen molar-refractivity contribution in [2.24, 2.45) is 11.7 Å². The predicted molar refractivity (Wildman–Crippen MR) is 69.3 cm³/mol. The third kappa shape index (κ3) is 2.68. The molecule has 0 radical (unpaired) electrons. The molecule has 1 fully saturated rings. The molecule has 2 atom stereocenters. The van der Waals surface area contributed by atoms with Gasteiger partial charge in [0.05, 0.1) is 0 Å². The van der Waals surface area contributed by atoms with E-state index in [1.165, 1.54) is 19.3 Å². The summed E-state index contributed by atoms with van der Waals surface area (Å²) in [5, 5.41) is 0. The highest BCUT2D eigenvalue weighted by atomic mass is 19.1. The van der Waals surface area contributed by atoms with E-state index < -0.39 is 0 Å². The largest absolute Gasteiger partial charge is 0.321 e. The highest BCUT2D eigenvalue weighted by molar-refractivity contribution is 5.30. The van der Waals surface area contributed by atoms with E-state index in [0.29, 0.717) is 5.56 Å². The van der Waals surface area contributed by atoms with E-state index in [4.69, 9.17) is 5.73 Å². The average Bonchev–Trinajstić information content (AvgIpc) is 2.46. The van der Waals surface area contributed by atoms with Gasteiger partial charge in [0, 0.05) is 5.54 Å². The van der Waals surface area contributed by atoms with Crippen LogP contribution in [0.4, 0.5) is 4.39 Å². The van der Waals surface area contributed by atoms with Crippen LogP contribution in [0.5, 0.6) is 0 Å². The molecule has 0 spiro atoms. The molecule has 0 aromatic heterocycles. The molecule has 94 valence electrons. The lowest BCUT2D eigenvalue weighted by Gasteiger charge is -2.29. The Morgan fingerprint density at radius 2 is 2.06 bits per heavy atom. The summed E-state index contributed by atoms with van der Waals surface area (Å²) >= 11 is 0. The second kappa shape index (κ2) is 4.77. The summed E-state index contributed by atoms with van der Waals surface area (Å²) in [7, 11) is 0. The minimum atomic E-state index is -0.247. The van der Waals surface area contributed by atoms with Crippen molar-refractivity contribution < 1.29 is 4.39 Å². The van der Waals surface area contributed by atoms with Crippen LogP contribution in [0.15, 0.2) is 18.2 Å². The molecule has 0 heterocycles. The molecule has 17 heavy (non-hydrogen) atoms. The van der Waals surface area contributed by atoms with Crippen molar-refractivity contribution >= 4 is 0 Å². The summed E-state index contributed by atoms with van der Waals surface area (Å²) in [4.78, 5) is 0. The van der Waals surface area contributed by atoms with Crippen LogP contribution in [-0.4, -0.2) is 0 Å². The van der Waals surface area contributed by atoms with Gasteiger partial charge in [-0.3, -0.25) is 0 Å². The molecule has 0 saturated heterocycles. The van der Waals surface area contributed by atoms with Crippen molar-refractivity contribution in [2.45, 2.75) is 51.5 Å². The molecule has 2 heteroatoms. The Kier molecular flexibility index (Phi) is 3.53. The van der Waals surface area contributed by atoms with E-state index in [-0.39, 0.29) is 11.4 Å². The third-order valence-corrected chi connectivity index (χ3v) is 4.14. The summed E-state index contributed by atoms with van der Waals surface area (Å²) in [5.41, 5.74) is 8.09. The minimum absolute atomic E-state index is 0.140. The molecule has 0 amide bonds. The molecule has 1 saturated carbocycles. The summed E-state index contributed by atoms with van der Waals surface area (Å²) in [6.07, 6.45) is 5.64. The van der Waals surface area contributed by atoms with Crippen LogP contribution < -0.4 is 5.73 Å². The molecule has 0 bridgehead atoms. The van der Waals surface area contributed by atoms with E-state index in [2.05, 4.69) is 6.92 Å². The Hall–Kier alpha value is -0.890. The molecule has 1 aliphatic carbocycles. The first-order valence-corrected chi connectivity index (χ1v) is 6.57. The number of rotatable bonds is 1. The predicted octanol–water partition coefficient (Wildman–Crippen LogP) is 3.89. The second-order valence-electron chi connectivity index (χ2n) is 5.66. The average molecular weight is 235 g/mol. The van der Waals surface area contributed by atoms with E-state index in [0.717, 1.165) is 24.3 Å². The Balaban J connectivity index is 2.27. The van der Waals surface area contributed by atoms with Crippen molar-refractivity contribution in [1.29, 1.82) is 0 Å². The lowest BCUT2D eigenvalue weighted by Crippen LogP contribution is -2.36. The van der Waals surface area contributed by atoms with Gasteiger partial charge in [-0.1, -0.05) is 31.9 Å². The maximum Gasteiger partial charge on any atom is 0.126 e. The number of aryl methyl sites for hydroxylation is 1. The van der Waals surface area contributed by atoms with Gasteiger partial charge in [-0.15, -0.1) is 0 Å². The monoisotopic (exact) mass is 235 g/mol. The van der Waals surface area contributed by atoms with Crippen molar-refractivity contribution in [2.75, 3.05) is 0 Å². The Labute approximate surface area is 103 Å². The zero-order valence-electron chi connectivity index (χ0n) is 10.8. The number of nitrogens with two attached hydrogens (primary N) is 1. The minimum Gasteiger partial charge on any atom is -0.321 e. The topological polar surface area (TPSA) is 26.0 Å². The number of hydrogen-bond acceptors (Lipinski definition) is 1. The Morgan fingerprint density at radius 3 is 2.76 bits per heavy atom. The van der Waals surface area contributed by atoms with Gasteiger partial charge in [0.2, 0.25) is 0 Å². The fraction of sp³-hybridized carbons (Fsp3) is 0.600. The second-order valence-corrected chi connectivity index (χ2v) is 5.66. The molecule has 1 aromatic rings. The van der Waals surface area contributed by atoms with Crippen molar-refractivity contribution in [3.8, 4) is 0 Å². The van der Waals surface area contributed by atoms with Crippen LogP contribution in [0.2, 0.25) is 0 Å². The molecule has 1 aliphatic rings. The van der Waals surface area contributed by atoms with Crippen LogP contribution >= 0.6 is 0 Å². The zero-order valence-corrected chi connectivity index (χ0v) is 10.8. The molecule has 2 rings (SSSR count). The van der Waals surface area contributed by atoms with Crippen molar-refractivity contribution in [1.82, 2.24) is 0 Å². The van der Waals surface area contributed by atoms with Gasteiger partial charge < -0.3 is 5.73 Å². The maximum atomic E-state index is 13.3. The van der Waals surface area contributed by atoms with Crippen LogP contribution in [0, 0.1) is 18.7 Å². The van der Waals surface area contributed by atoms with Crippen LogP contribution in [0.3, 0.4) is 0 Å². The number of halogens is 1. The van der Waals surface area contributed by atoms with E-state index in [9.17, 15) is 4.39 Å². The first-order valence-electron chi connectivity index (χ1n) is 6.57. The number of benzene rings is 1. The zero-order chi connectivity index (χ0) is 12.5. The molecule has 1 aromatic carbocycles. The van der Waals surface area contributed by atoms with Gasteiger partial charge in [-0.05, 0) is 49.3 Å². The lowest BCUT2D eigenvalue weighted by atomic mass is 9.83. The first kappa shape index (κ1) is 12.6. The molecule has 1 nitrogen and oxygen atoms in total. The fourth-order valence-corrected chi connectivity index (χ4v) is 2.78. The Bertz CT molecular complexity index is 402. The van der Waals surface area contributed by atoms with E-state index >= 15 is 0 Å². The highest BCUT2D eigenvalue weighted by Crippen LogP contribution is 2.36. The maximum absolute atomic E-state index is 13.3. The van der Waals surface area contributed by atoms with Gasteiger partial charge in [-0.25, -0.2) is 4.39 Å². The Morgan fingerprint density at radius 1 is 1.29 bits per heavy atom. The summed E-state index contributed by atoms with van der Waals surface area (Å²) in [5.74, 6) is 0.626. The molecule has 2 unspecified atom stereocenters. The molecule has 0 aliphatic heterocycles. The molecular formula is C15H22FN. The highest BCUT2D eigenvalue weighted by Gasteiger charge is 2.30. The smallest absolute Gasteiger partial charge is 0.126 e. The van der Waals surface area contributed by atoms with Gasteiger partial charge in [0.25, 0.3) is 0 Å². The normalized spacial score (nSPS) is 30.0. The number of hydrogen-bond donors (Lipinski definition) is 1. The van der Waals surface area contributed by atoms with Crippen LogP contribution in [0.1, 0.15) is 50.2 Å². The summed E-state index contributed by atoms with van der Waals surface area (Å²) < 4.78 is 13.3. The van der Waals surface area contributed by atoms with Gasteiger partial charge >= 0.3 is 0 Å². The van der Waals surface area contributed by atoms with Crippen molar-refractivity contribution in [3.05, 3.63) is 35.1 Å². The van der Waals surface area contributed by atoms with E-state index in [1.807, 2.05) is 19.1 Å². The standard InChI is InChI=1S/C15H22FN/c1-11-4-3-8-15(17,9-7-11)13-5-6-14(16)12(2)10-13/h5-6,10-11H,3-4,7-9,17H2,1-2H3. The molecular weight excluding hydrogens is 213 g/mol. The van der Waals surface area contributed by atoms with E-state index in [1.54, 1.807) is 6.07 Å². The van der Waals surface area contributed by atoms with Gasteiger partial charge in [0.1, 0.15) is 5.82 Å². The SMILES string of the molecule is Cc1cc(C2(N)CCCC(C)CC2)ccc1F. The van der Waals surface area contributed by atoms with Gasteiger partial charge in [-0.2, -0.15) is 0 Å². The van der Waals surface area contributed by atoms with Crippen LogP contribution in [0.25, 0.3) is 0 Å². The fourth-order valence-electron chi connectivity index (χ4n) is 2.78. The summed E-state index contributed by atoms with van der Waals surface area (Å²) in [6.45, 7) is 4.10. The lowest BCUT2D eigenvalue weighted by molar-refractivity contribution is 0.377.